The van der Waals surface area contributed by atoms with Gasteiger partial charge in [0.2, 0.25) is 5.91 Å². The summed E-state index contributed by atoms with van der Waals surface area (Å²) < 4.78 is 33.0. The molecule has 0 atom stereocenters. The first-order valence-corrected chi connectivity index (χ1v) is 10.3. The second-order valence-corrected chi connectivity index (χ2v) is 9.11. The molecule has 0 fully saturated rings. The number of ether oxygens (including phenoxy) is 1. The fourth-order valence-electron chi connectivity index (χ4n) is 2.46. The average Bonchev–Trinajstić information content (AvgIpc) is 2.60. The van der Waals surface area contributed by atoms with Gasteiger partial charge in [0.05, 0.1) is 17.7 Å². The lowest BCUT2D eigenvalue weighted by molar-refractivity contribution is -0.114. The van der Waals surface area contributed by atoms with Crippen molar-refractivity contribution in [1.29, 1.82) is 0 Å². The van der Waals surface area contributed by atoms with Gasteiger partial charge in [0, 0.05) is 23.7 Å². The van der Waals surface area contributed by atoms with E-state index in [-0.39, 0.29) is 27.9 Å². The van der Waals surface area contributed by atoms with E-state index in [1.165, 1.54) is 56.5 Å². The number of nitrogens with one attached hydrogen (secondary N) is 3. The summed E-state index contributed by atoms with van der Waals surface area (Å²) in [5.74, 6) is -0.259. The van der Waals surface area contributed by atoms with Crippen LogP contribution in [0.25, 0.3) is 0 Å². The van der Waals surface area contributed by atoms with Gasteiger partial charge in [-0.2, -0.15) is 0 Å². The van der Waals surface area contributed by atoms with Gasteiger partial charge in [-0.3, -0.25) is 14.3 Å². The van der Waals surface area contributed by atoms with Gasteiger partial charge >= 0.3 is 0 Å². The number of carbonyl (C=O) groups is 2. The van der Waals surface area contributed by atoms with Crippen molar-refractivity contribution in [3.05, 3.63) is 48.0 Å². The van der Waals surface area contributed by atoms with E-state index in [1.807, 2.05) is 20.8 Å². The fraction of sp³-hybridized carbons (Fsp3) is 0.300. The molecule has 0 unspecified atom stereocenters. The van der Waals surface area contributed by atoms with Crippen molar-refractivity contribution in [2.24, 2.45) is 0 Å². The zero-order chi connectivity index (χ0) is 21.8. The molecule has 0 bridgehead atoms. The number of hydrogen-bond acceptors (Lipinski definition) is 5. The Bertz CT molecular complexity index is 1010. The summed E-state index contributed by atoms with van der Waals surface area (Å²) in [5, 5.41) is 5.38. The second kappa shape index (κ2) is 8.52. The molecule has 0 heterocycles. The molecule has 0 radical (unpaired) electrons. The maximum atomic E-state index is 12.7. The van der Waals surface area contributed by atoms with Gasteiger partial charge in [0.25, 0.3) is 15.9 Å². The van der Waals surface area contributed by atoms with Gasteiger partial charge in [-0.05, 0) is 63.2 Å². The third-order valence-electron chi connectivity index (χ3n) is 3.68. The molecule has 0 spiro atoms. The number of benzene rings is 2. The van der Waals surface area contributed by atoms with Crippen molar-refractivity contribution in [3.63, 3.8) is 0 Å². The Morgan fingerprint density at radius 1 is 1.00 bits per heavy atom. The minimum Gasteiger partial charge on any atom is -0.495 e. The second-order valence-electron chi connectivity index (χ2n) is 7.43. The first kappa shape index (κ1) is 22.2. The molecule has 3 N–H and O–H groups in total. The summed E-state index contributed by atoms with van der Waals surface area (Å²) in [6, 6.07) is 10.2. The Morgan fingerprint density at radius 2 is 1.62 bits per heavy atom. The van der Waals surface area contributed by atoms with E-state index in [9.17, 15) is 18.0 Å². The SMILES string of the molecule is COc1ccc(S(=O)(=O)Nc2ccc(C(=O)NC(C)(C)C)cc2)cc1NC(C)=O. The maximum Gasteiger partial charge on any atom is 0.261 e. The van der Waals surface area contributed by atoms with Gasteiger partial charge in [0.1, 0.15) is 5.75 Å². The molecule has 0 aliphatic heterocycles. The molecule has 0 aliphatic rings. The number of rotatable bonds is 6. The standard InChI is InChI=1S/C20H25N3O5S/c1-13(24)21-17-12-16(10-11-18(17)28-5)29(26,27)23-15-8-6-14(7-9-15)19(25)22-20(2,3)4/h6-12,23H,1-5H3,(H,21,24)(H,22,25). The quantitative estimate of drug-likeness (QED) is 0.666. The smallest absolute Gasteiger partial charge is 0.261 e. The zero-order valence-electron chi connectivity index (χ0n) is 17.0. The van der Waals surface area contributed by atoms with Crippen molar-refractivity contribution in [2.75, 3.05) is 17.1 Å². The third kappa shape index (κ3) is 6.21. The van der Waals surface area contributed by atoms with Crippen LogP contribution in [0.2, 0.25) is 0 Å². The van der Waals surface area contributed by atoms with E-state index >= 15 is 0 Å². The third-order valence-corrected chi connectivity index (χ3v) is 5.06. The van der Waals surface area contributed by atoms with Crippen molar-refractivity contribution < 1.29 is 22.7 Å². The lowest BCUT2D eigenvalue weighted by Gasteiger charge is -2.20. The molecule has 0 aliphatic carbocycles. The summed E-state index contributed by atoms with van der Waals surface area (Å²) in [4.78, 5) is 23.5. The van der Waals surface area contributed by atoms with Crippen LogP contribution in [0.1, 0.15) is 38.1 Å². The number of methoxy groups -OCH3 is 1. The van der Waals surface area contributed by atoms with Crippen LogP contribution in [0.3, 0.4) is 0 Å². The fourth-order valence-corrected chi connectivity index (χ4v) is 3.54. The largest absolute Gasteiger partial charge is 0.495 e. The van der Waals surface area contributed by atoms with Crippen LogP contribution in [0.5, 0.6) is 5.75 Å². The van der Waals surface area contributed by atoms with Crippen LogP contribution in [0.15, 0.2) is 47.4 Å². The van der Waals surface area contributed by atoms with E-state index in [0.29, 0.717) is 17.0 Å². The molecule has 0 aromatic heterocycles. The van der Waals surface area contributed by atoms with Gasteiger partial charge in [-0.25, -0.2) is 8.42 Å². The highest BCUT2D eigenvalue weighted by molar-refractivity contribution is 7.92. The average molecular weight is 420 g/mol. The molecule has 0 saturated carbocycles. The first-order chi connectivity index (χ1) is 13.4. The van der Waals surface area contributed by atoms with E-state index in [1.54, 1.807) is 0 Å². The summed E-state index contributed by atoms with van der Waals surface area (Å²) in [7, 11) is -2.49. The molecule has 156 valence electrons. The van der Waals surface area contributed by atoms with Crippen LogP contribution in [0.4, 0.5) is 11.4 Å². The van der Waals surface area contributed by atoms with E-state index in [4.69, 9.17) is 4.74 Å². The summed E-state index contributed by atoms with van der Waals surface area (Å²) in [5.41, 5.74) is 0.587. The molecular weight excluding hydrogens is 394 g/mol. The molecule has 9 heteroatoms. The molecule has 2 rings (SSSR count). The van der Waals surface area contributed by atoms with Crippen LogP contribution in [-0.2, 0) is 14.8 Å². The van der Waals surface area contributed by atoms with Gasteiger partial charge in [-0.1, -0.05) is 0 Å². The highest BCUT2D eigenvalue weighted by Gasteiger charge is 2.18. The normalized spacial score (nSPS) is 11.5. The Hall–Kier alpha value is -3.07. The first-order valence-electron chi connectivity index (χ1n) is 8.82. The molecule has 29 heavy (non-hydrogen) atoms. The molecule has 2 aromatic rings. The van der Waals surface area contributed by atoms with Crippen molar-refractivity contribution in [1.82, 2.24) is 5.32 Å². The Labute approximate surface area is 170 Å². The van der Waals surface area contributed by atoms with E-state index < -0.39 is 10.0 Å². The van der Waals surface area contributed by atoms with Gasteiger partial charge < -0.3 is 15.4 Å². The topological polar surface area (TPSA) is 114 Å². The minimum atomic E-state index is -3.92. The predicted octanol–water partition coefficient (Wildman–Crippen LogP) is 2.98. The Balaban J connectivity index is 2.23. The lowest BCUT2D eigenvalue weighted by Crippen LogP contribution is -2.40. The number of anilines is 2. The molecule has 2 amide bonds. The van der Waals surface area contributed by atoms with Crippen LogP contribution in [0, 0.1) is 0 Å². The number of amides is 2. The predicted molar refractivity (Wildman–Crippen MR) is 112 cm³/mol. The summed E-state index contributed by atoms with van der Waals surface area (Å²) >= 11 is 0. The highest BCUT2D eigenvalue weighted by Crippen LogP contribution is 2.28. The molecule has 8 nitrogen and oxygen atoms in total. The van der Waals surface area contributed by atoms with E-state index in [0.717, 1.165) is 0 Å². The number of sulfonamides is 1. The summed E-state index contributed by atoms with van der Waals surface area (Å²) in [6.45, 7) is 6.93. The van der Waals surface area contributed by atoms with E-state index in [2.05, 4.69) is 15.4 Å². The molecule has 2 aromatic carbocycles. The highest BCUT2D eigenvalue weighted by atomic mass is 32.2. The zero-order valence-corrected chi connectivity index (χ0v) is 17.8. The Morgan fingerprint density at radius 3 is 2.14 bits per heavy atom. The summed E-state index contributed by atoms with van der Waals surface area (Å²) in [6.07, 6.45) is 0. The molecular formula is C20H25N3O5S. The lowest BCUT2D eigenvalue weighted by atomic mass is 10.1. The van der Waals surface area contributed by atoms with Crippen LogP contribution >= 0.6 is 0 Å². The van der Waals surface area contributed by atoms with Crippen LogP contribution in [-0.4, -0.2) is 32.9 Å². The Kier molecular flexibility index (Phi) is 6.53. The van der Waals surface area contributed by atoms with Crippen LogP contribution < -0.4 is 20.1 Å². The monoisotopic (exact) mass is 419 g/mol. The van der Waals surface area contributed by atoms with Crippen molar-refractivity contribution in [3.8, 4) is 5.75 Å². The van der Waals surface area contributed by atoms with Crippen molar-refractivity contribution >= 4 is 33.2 Å². The van der Waals surface area contributed by atoms with Crippen molar-refractivity contribution in [2.45, 2.75) is 38.1 Å². The van der Waals surface area contributed by atoms with Gasteiger partial charge in [-0.15, -0.1) is 0 Å². The van der Waals surface area contributed by atoms with Gasteiger partial charge in [0.15, 0.2) is 0 Å². The number of carbonyl (C=O) groups excluding carboxylic acids is 2. The molecule has 0 saturated heterocycles. The number of hydrogen-bond donors (Lipinski definition) is 3. The minimum absolute atomic E-state index is 0.0448. The maximum absolute atomic E-state index is 12.7.